The van der Waals surface area contributed by atoms with Crippen LogP contribution in [-0.4, -0.2) is 29.9 Å². The normalized spacial score (nSPS) is 19.2. The zero-order valence-corrected chi connectivity index (χ0v) is 13.1. The van der Waals surface area contributed by atoms with Gasteiger partial charge in [-0.05, 0) is 60.1 Å². The predicted octanol–water partition coefficient (Wildman–Crippen LogP) is 2.67. The molecule has 0 aromatic heterocycles. The Balaban J connectivity index is 0.00000162. The molecule has 1 atom stereocenters. The van der Waals surface area contributed by atoms with Crippen LogP contribution in [0.3, 0.4) is 0 Å². The van der Waals surface area contributed by atoms with Crippen molar-refractivity contribution in [3.63, 3.8) is 0 Å². The van der Waals surface area contributed by atoms with Gasteiger partial charge in [0.15, 0.2) is 0 Å². The molecule has 1 aliphatic heterocycles. The Morgan fingerprint density at radius 1 is 1.44 bits per heavy atom. The summed E-state index contributed by atoms with van der Waals surface area (Å²) in [6.07, 6.45) is 3.30. The number of halogens is 2. The Kier molecular flexibility index (Phi) is 6.38. The summed E-state index contributed by atoms with van der Waals surface area (Å²) in [6, 6.07) is 7.95. The summed E-state index contributed by atoms with van der Waals surface area (Å²) in [5.41, 5.74) is 6.52. The van der Waals surface area contributed by atoms with Crippen molar-refractivity contribution in [2.75, 3.05) is 13.1 Å². The van der Waals surface area contributed by atoms with E-state index in [-0.39, 0.29) is 24.4 Å². The molecular weight excluding hydrogens is 363 g/mol. The summed E-state index contributed by atoms with van der Waals surface area (Å²) >= 11 is 2.23. The number of nitrogens with two attached hydrogens (primary N) is 1. The lowest BCUT2D eigenvalue weighted by molar-refractivity contribution is 0.0623. The van der Waals surface area contributed by atoms with Gasteiger partial charge in [0.2, 0.25) is 0 Å². The van der Waals surface area contributed by atoms with Crippen molar-refractivity contribution < 1.29 is 4.79 Å². The van der Waals surface area contributed by atoms with E-state index in [1.807, 2.05) is 29.2 Å². The number of benzene rings is 1. The summed E-state index contributed by atoms with van der Waals surface area (Å²) < 4.78 is 1.09. The molecule has 1 saturated heterocycles. The number of hydrogen-bond donors (Lipinski definition) is 1. The van der Waals surface area contributed by atoms with Gasteiger partial charge in [0, 0.05) is 28.3 Å². The second-order valence-electron chi connectivity index (χ2n) is 4.39. The van der Waals surface area contributed by atoms with Crippen LogP contribution in [0.5, 0.6) is 0 Å². The van der Waals surface area contributed by atoms with E-state index in [4.69, 9.17) is 5.73 Å². The lowest BCUT2D eigenvalue weighted by Gasteiger charge is -2.35. The molecule has 1 aromatic carbocycles. The van der Waals surface area contributed by atoms with Gasteiger partial charge >= 0.3 is 0 Å². The maximum absolute atomic E-state index is 12.4. The summed E-state index contributed by atoms with van der Waals surface area (Å²) in [5.74, 6) is 0.124. The first-order valence-electron chi connectivity index (χ1n) is 5.99. The number of nitrogens with zero attached hydrogens (tertiary/aromatic N) is 1. The van der Waals surface area contributed by atoms with Crippen LogP contribution in [0.25, 0.3) is 0 Å². The number of carbonyl (C=O) groups excluding carboxylic acids is 1. The van der Waals surface area contributed by atoms with E-state index in [0.29, 0.717) is 6.54 Å². The average Bonchev–Trinajstić information content (AvgIpc) is 2.38. The van der Waals surface area contributed by atoms with Crippen LogP contribution < -0.4 is 5.73 Å². The fraction of sp³-hybridized carbons (Fsp3) is 0.462. The van der Waals surface area contributed by atoms with E-state index in [0.717, 1.165) is 28.5 Å². The zero-order valence-electron chi connectivity index (χ0n) is 10.1. The molecule has 0 aliphatic carbocycles. The molecule has 0 bridgehead atoms. The van der Waals surface area contributed by atoms with Gasteiger partial charge in [-0.2, -0.15) is 0 Å². The van der Waals surface area contributed by atoms with E-state index < -0.39 is 0 Å². The van der Waals surface area contributed by atoms with E-state index in [9.17, 15) is 4.79 Å². The first-order valence-corrected chi connectivity index (χ1v) is 7.07. The van der Waals surface area contributed by atoms with Gasteiger partial charge in [-0.3, -0.25) is 4.79 Å². The van der Waals surface area contributed by atoms with Gasteiger partial charge in [0.05, 0.1) is 0 Å². The second-order valence-corrected chi connectivity index (χ2v) is 5.64. The summed E-state index contributed by atoms with van der Waals surface area (Å²) in [7, 11) is 0. The number of hydrogen-bond acceptors (Lipinski definition) is 2. The maximum atomic E-state index is 12.4. The largest absolute Gasteiger partial charge is 0.334 e. The molecule has 18 heavy (non-hydrogen) atoms. The predicted molar refractivity (Wildman–Crippen MR) is 84.1 cm³/mol. The molecule has 1 aromatic rings. The third kappa shape index (κ3) is 3.59. The van der Waals surface area contributed by atoms with E-state index in [1.54, 1.807) is 0 Å². The van der Waals surface area contributed by atoms with Crippen LogP contribution in [0.1, 0.15) is 29.6 Å². The van der Waals surface area contributed by atoms with Crippen molar-refractivity contribution in [1.82, 2.24) is 4.90 Å². The van der Waals surface area contributed by atoms with Crippen molar-refractivity contribution in [2.45, 2.75) is 25.3 Å². The third-order valence-electron chi connectivity index (χ3n) is 3.23. The minimum atomic E-state index is 0. The number of piperidine rings is 1. The minimum absolute atomic E-state index is 0. The highest BCUT2D eigenvalue weighted by Crippen LogP contribution is 2.19. The highest BCUT2D eigenvalue weighted by Gasteiger charge is 2.26. The molecule has 1 heterocycles. The molecule has 5 heteroatoms. The zero-order chi connectivity index (χ0) is 12.3. The van der Waals surface area contributed by atoms with Gasteiger partial charge in [-0.1, -0.05) is 6.07 Å². The van der Waals surface area contributed by atoms with Crippen molar-refractivity contribution in [1.29, 1.82) is 0 Å². The van der Waals surface area contributed by atoms with Crippen molar-refractivity contribution in [3.8, 4) is 0 Å². The molecule has 3 nitrogen and oxygen atoms in total. The summed E-state index contributed by atoms with van der Waals surface area (Å²) in [6.45, 7) is 1.40. The van der Waals surface area contributed by atoms with Gasteiger partial charge < -0.3 is 10.6 Å². The molecule has 1 fully saturated rings. The van der Waals surface area contributed by atoms with Gasteiger partial charge in [-0.25, -0.2) is 0 Å². The van der Waals surface area contributed by atoms with Crippen LogP contribution in [0.2, 0.25) is 0 Å². The molecule has 100 valence electrons. The first-order chi connectivity index (χ1) is 8.22. The molecular formula is C13H18ClIN2O. The van der Waals surface area contributed by atoms with E-state index in [2.05, 4.69) is 22.6 Å². The minimum Gasteiger partial charge on any atom is -0.334 e. The van der Waals surface area contributed by atoms with Crippen molar-refractivity contribution in [3.05, 3.63) is 33.4 Å². The van der Waals surface area contributed by atoms with E-state index >= 15 is 0 Å². The van der Waals surface area contributed by atoms with Gasteiger partial charge in [0.1, 0.15) is 0 Å². The highest BCUT2D eigenvalue weighted by atomic mass is 127. The highest BCUT2D eigenvalue weighted by molar-refractivity contribution is 14.1. The Labute approximate surface area is 128 Å². The fourth-order valence-corrected chi connectivity index (χ4v) is 2.84. The van der Waals surface area contributed by atoms with Crippen LogP contribution in [-0.2, 0) is 0 Å². The monoisotopic (exact) mass is 380 g/mol. The van der Waals surface area contributed by atoms with Crippen molar-refractivity contribution >= 4 is 40.9 Å². The van der Waals surface area contributed by atoms with Gasteiger partial charge in [-0.15, -0.1) is 12.4 Å². The number of amides is 1. The molecule has 2 N–H and O–H groups in total. The SMILES string of the molecule is Cl.NCC1CCCCN1C(=O)c1cccc(I)c1. The Morgan fingerprint density at radius 2 is 2.22 bits per heavy atom. The maximum Gasteiger partial charge on any atom is 0.254 e. The Hall–Kier alpha value is -0.330. The molecule has 0 spiro atoms. The Bertz CT molecular complexity index is 414. The smallest absolute Gasteiger partial charge is 0.254 e. The molecule has 2 rings (SSSR count). The Morgan fingerprint density at radius 3 is 2.89 bits per heavy atom. The molecule has 0 radical (unpaired) electrons. The standard InChI is InChI=1S/C13H17IN2O.ClH/c14-11-5-3-4-10(8-11)13(17)16-7-2-1-6-12(16)9-15;/h3-5,8,12H,1-2,6-7,9,15H2;1H. The summed E-state index contributed by atoms with van der Waals surface area (Å²) in [5, 5.41) is 0. The second kappa shape index (κ2) is 7.31. The topological polar surface area (TPSA) is 46.3 Å². The fourth-order valence-electron chi connectivity index (χ4n) is 2.30. The summed E-state index contributed by atoms with van der Waals surface area (Å²) in [4.78, 5) is 14.3. The molecule has 1 amide bonds. The molecule has 1 aliphatic rings. The lowest BCUT2D eigenvalue weighted by Crippen LogP contribution is -2.47. The third-order valence-corrected chi connectivity index (χ3v) is 3.90. The number of likely N-dealkylation sites (tertiary alicyclic amines) is 1. The quantitative estimate of drug-likeness (QED) is 0.802. The van der Waals surface area contributed by atoms with Crippen LogP contribution in [0, 0.1) is 3.57 Å². The van der Waals surface area contributed by atoms with E-state index in [1.165, 1.54) is 6.42 Å². The number of carbonyl (C=O) groups is 1. The molecule has 1 unspecified atom stereocenters. The lowest BCUT2D eigenvalue weighted by atomic mass is 10.0. The van der Waals surface area contributed by atoms with Gasteiger partial charge in [0.25, 0.3) is 5.91 Å². The van der Waals surface area contributed by atoms with Crippen LogP contribution >= 0.6 is 35.0 Å². The number of rotatable bonds is 2. The average molecular weight is 381 g/mol. The van der Waals surface area contributed by atoms with Crippen molar-refractivity contribution in [2.24, 2.45) is 5.73 Å². The van der Waals surface area contributed by atoms with Crippen LogP contribution in [0.15, 0.2) is 24.3 Å². The van der Waals surface area contributed by atoms with Crippen LogP contribution in [0.4, 0.5) is 0 Å². The first kappa shape index (κ1) is 15.7. The molecule has 0 saturated carbocycles.